The molecule has 2 rings (SSSR count). The van der Waals surface area contributed by atoms with Crippen LogP contribution in [0.1, 0.15) is 15.9 Å². The zero-order valence-electron chi connectivity index (χ0n) is 13.0. The molecule has 0 spiro atoms. The molecule has 0 radical (unpaired) electrons. The summed E-state index contributed by atoms with van der Waals surface area (Å²) < 4.78 is 63.0. The zero-order chi connectivity index (χ0) is 19.1. The minimum atomic E-state index is -3.27. The lowest BCUT2D eigenvalue weighted by Crippen LogP contribution is -2.15. The van der Waals surface area contributed by atoms with Crippen LogP contribution in [0.3, 0.4) is 0 Å². The van der Waals surface area contributed by atoms with Crippen molar-refractivity contribution in [2.45, 2.75) is 13.2 Å². The highest BCUT2D eigenvalue weighted by Gasteiger charge is 2.19. The van der Waals surface area contributed by atoms with E-state index in [1.165, 1.54) is 12.1 Å². The van der Waals surface area contributed by atoms with Gasteiger partial charge < -0.3 is 14.2 Å². The number of halogens is 4. The van der Waals surface area contributed by atoms with Gasteiger partial charge in [-0.2, -0.15) is 22.8 Å². The Morgan fingerprint density at radius 3 is 2.35 bits per heavy atom. The quantitative estimate of drug-likeness (QED) is 0.519. The molecule has 0 fully saturated rings. The third-order valence-electron chi connectivity index (χ3n) is 3.06. The van der Waals surface area contributed by atoms with Crippen LogP contribution in [-0.2, 0) is 0 Å². The number of nitrogens with zero attached hydrogens (tertiary/aromatic N) is 1. The maximum atomic E-state index is 12.5. The second kappa shape index (κ2) is 8.71. The fourth-order valence-electron chi connectivity index (χ4n) is 2.01. The van der Waals surface area contributed by atoms with Crippen molar-refractivity contribution in [1.82, 2.24) is 0 Å². The molecule has 0 aliphatic heterocycles. The molecule has 0 saturated heterocycles. The van der Waals surface area contributed by atoms with Gasteiger partial charge in [-0.05, 0) is 24.3 Å². The highest BCUT2D eigenvalue weighted by atomic mass is 19.3. The first-order valence-corrected chi connectivity index (χ1v) is 7.09. The lowest BCUT2D eigenvalue weighted by atomic mass is 10.1. The maximum Gasteiger partial charge on any atom is 0.387 e. The van der Waals surface area contributed by atoms with E-state index in [-0.39, 0.29) is 16.9 Å². The molecule has 0 aliphatic carbocycles. The summed E-state index contributed by atoms with van der Waals surface area (Å²) in [7, 11) is 0. The first kappa shape index (κ1) is 19.1. The highest BCUT2D eigenvalue weighted by molar-refractivity contribution is 6.00. The minimum absolute atomic E-state index is 0.136. The molecule has 0 bridgehead atoms. The van der Waals surface area contributed by atoms with Crippen molar-refractivity contribution in [3.8, 4) is 23.3 Å². The molecular formula is C17H11F4NO4. The molecule has 2 aromatic carbocycles. The van der Waals surface area contributed by atoms with Crippen LogP contribution in [0.15, 0.2) is 42.5 Å². The summed E-state index contributed by atoms with van der Waals surface area (Å²) in [5.41, 5.74) is -0.119. The van der Waals surface area contributed by atoms with Crippen molar-refractivity contribution >= 4 is 5.78 Å². The van der Waals surface area contributed by atoms with Crippen molar-refractivity contribution < 1.29 is 36.6 Å². The number of benzene rings is 2. The summed E-state index contributed by atoms with van der Waals surface area (Å²) in [5.74, 6) is -1.68. The van der Waals surface area contributed by atoms with E-state index in [1.54, 1.807) is 12.1 Å². The standard InChI is InChI=1S/C17H11F4NO4/c18-16(19)25-11-5-6-12(15(7-11)26-17(20)21)13(23)9-24-14-4-2-1-3-10(14)8-22/h1-7,16-17H,9H2. The number of rotatable bonds is 8. The van der Waals surface area contributed by atoms with Gasteiger partial charge in [-0.25, -0.2) is 0 Å². The molecule has 2 aromatic rings. The number of ether oxygens (including phenoxy) is 3. The van der Waals surface area contributed by atoms with Crippen LogP contribution in [0.4, 0.5) is 17.6 Å². The van der Waals surface area contributed by atoms with Crippen LogP contribution < -0.4 is 14.2 Å². The molecule has 9 heteroatoms. The molecule has 136 valence electrons. The monoisotopic (exact) mass is 369 g/mol. The first-order chi connectivity index (χ1) is 12.4. The predicted molar refractivity (Wildman–Crippen MR) is 80.7 cm³/mol. The van der Waals surface area contributed by atoms with Gasteiger partial charge in [0.05, 0.1) is 11.1 Å². The van der Waals surface area contributed by atoms with Gasteiger partial charge in [0.15, 0.2) is 6.61 Å². The maximum absolute atomic E-state index is 12.5. The van der Waals surface area contributed by atoms with Crippen molar-refractivity contribution in [2.24, 2.45) is 0 Å². The van der Waals surface area contributed by atoms with Crippen molar-refractivity contribution in [3.63, 3.8) is 0 Å². The van der Waals surface area contributed by atoms with E-state index in [0.29, 0.717) is 0 Å². The van der Waals surface area contributed by atoms with Crippen LogP contribution >= 0.6 is 0 Å². The Balaban J connectivity index is 2.20. The number of ketones is 1. The van der Waals surface area contributed by atoms with Crippen molar-refractivity contribution in [1.29, 1.82) is 5.26 Å². The number of Topliss-reactive ketones (excluding diaryl/α,β-unsaturated/α-hetero) is 1. The summed E-state index contributed by atoms with van der Waals surface area (Å²) in [6.07, 6.45) is 0. The lowest BCUT2D eigenvalue weighted by molar-refractivity contribution is -0.0544. The topological polar surface area (TPSA) is 68.5 Å². The van der Waals surface area contributed by atoms with Crippen LogP contribution in [-0.4, -0.2) is 25.6 Å². The minimum Gasteiger partial charge on any atom is -0.484 e. The first-order valence-electron chi connectivity index (χ1n) is 7.09. The smallest absolute Gasteiger partial charge is 0.387 e. The zero-order valence-corrected chi connectivity index (χ0v) is 13.0. The molecule has 0 N–H and O–H groups in total. The average molecular weight is 369 g/mol. The van der Waals surface area contributed by atoms with Crippen LogP contribution in [0, 0.1) is 11.3 Å². The second-order valence-electron chi connectivity index (χ2n) is 4.73. The molecule has 0 aliphatic rings. The molecule has 0 atom stereocenters. The molecule has 0 aromatic heterocycles. The van der Waals surface area contributed by atoms with E-state index < -0.39 is 37.1 Å². The van der Waals surface area contributed by atoms with Crippen LogP contribution in [0.5, 0.6) is 17.2 Å². The van der Waals surface area contributed by atoms with Crippen LogP contribution in [0.25, 0.3) is 0 Å². The van der Waals surface area contributed by atoms with E-state index in [0.717, 1.165) is 18.2 Å². The van der Waals surface area contributed by atoms with Crippen LogP contribution in [0.2, 0.25) is 0 Å². The van der Waals surface area contributed by atoms with Crippen molar-refractivity contribution in [3.05, 3.63) is 53.6 Å². The SMILES string of the molecule is N#Cc1ccccc1OCC(=O)c1ccc(OC(F)F)cc1OC(F)F. The molecule has 0 amide bonds. The Hall–Kier alpha value is -3.28. The summed E-state index contributed by atoms with van der Waals surface area (Å²) in [5, 5.41) is 8.95. The van der Waals surface area contributed by atoms with Gasteiger partial charge in [-0.3, -0.25) is 4.79 Å². The Morgan fingerprint density at radius 2 is 1.69 bits per heavy atom. The van der Waals surface area contributed by atoms with Gasteiger partial charge in [0.2, 0.25) is 5.78 Å². The predicted octanol–water partition coefficient (Wildman–Crippen LogP) is 4.02. The fourth-order valence-corrected chi connectivity index (χ4v) is 2.01. The largest absolute Gasteiger partial charge is 0.484 e. The van der Waals surface area contributed by atoms with Gasteiger partial charge in [0.1, 0.15) is 23.3 Å². The highest BCUT2D eigenvalue weighted by Crippen LogP contribution is 2.28. The third kappa shape index (κ3) is 5.11. The number of alkyl halides is 4. The second-order valence-corrected chi connectivity index (χ2v) is 4.73. The van der Waals surface area contributed by atoms with E-state index in [9.17, 15) is 22.4 Å². The summed E-state index contributed by atoms with van der Waals surface area (Å²) >= 11 is 0. The molecule has 0 unspecified atom stereocenters. The molecule has 0 saturated carbocycles. The number of para-hydroxylation sites is 1. The van der Waals surface area contributed by atoms with E-state index in [2.05, 4.69) is 9.47 Å². The number of hydrogen-bond donors (Lipinski definition) is 0. The summed E-state index contributed by atoms with van der Waals surface area (Å²) in [4.78, 5) is 12.2. The number of carbonyl (C=O) groups excluding carboxylic acids is 1. The van der Waals surface area contributed by atoms with E-state index in [4.69, 9.17) is 10.00 Å². The van der Waals surface area contributed by atoms with Gasteiger partial charge >= 0.3 is 13.2 Å². The van der Waals surface area contributed by atoms with Crippen molar-refractivity contribution in [2.75, 3.05) is 6.61 Å². The molecule has 26 heavy (non-hydrogen) atoms. The van der Waals surface area contributed by atoms with Gasteiger partial charge in [0, 0.05) is 6.07 Å². The fraction of sp³-hybridized carbons (Fsp3) is 0.176. The Labute approximate surface area is 145 Å². The normalized spacial score (nSPS) is 10.5. The van der Waals surface area contributed by atoms with Gasteiger partial charge in [-0.1, -0.05) is 12.1 Å². The Morgan fingerprint density at radius 1 is 1.00 bits per heavy atom. The summed E-state index contributed by atoms with van der Waals surface area (Å²) in [6.45, 7) is -7.02. The average Bonchev–Trinajstić information content (AvgIpc) is 2.59. The number of nitriles is 1. The molecule has 0 heterocycles. The van der Waals surface area contributed by atoms with E-state index >= 15 is 0 Å². The lowest BCUT2D eigenvalue weighted by Gasteiger charge is -2.13. The Bertz CT molecular complexity index is 821. The number of carbonyl (C=O) groups is 1. The Kier molecular flexibility index (Phi) is 6.38. The molecule has 5 nitrogen and oxygen atoms in total. The third-order valence-corrected chi connectivity index (χ3v) is 3.06. The number of hydrogen-bond acceptors (Lipinski definition) is 5. The van der Waals surface area contributed by atoms with Gasteiger partial charge in [-0.15, -0.1) is 0 Å². The summed E-state index contributed by atoms with van der Waals surface area (Å²) in [6, 6.07) is 10.8. The van der Waals surface area contributed by atoms with Gasteiger partial charge in [0.25, 0.3) is 0 Å². The molecular weight excluding hydrogens is 358 g/mol. The van der Waals surface area contributed by atoms with E-state index in [1.807, 2.05) is 6.07 Å².